The molecule has 2 aliphatic rings. The van der Waals surface area contributed by atoms with Gasteiger partial charge in [0, 0.05) is 6.04 Å². The lowest BCUT2D eigenvalue weighted by Gasteiger charge is -2.11. The number of carbonyl (C=O) groups excluding carboxylic acids is 1. The second-order valence-corrected chi connectivity index (χ2v) is 4.20. The van der Waals surface area contributed by atoms with Gasteiger partial charge in [-0.1, -0.05) is 12.8 Å². The zero-order valence-electron chi connectivity index (χ0n) is 8.08. The van der Waals surface area contributed by atoms with Crippen molar-refractivity contribution in [3.05, 3.63) is 0 Å². The van der Waals surface area contributed by atoms with Gasteiger partial charge in [0.15, 0.2) is 0 Å². The van der Waals surface area contributed by atoms with E-state index >= 15 is 0 Å². The molecule has 0 aromatic rings. The molecule has 3 nitrogen and oxygen atoms in total. The number of rotatable bonds is 3. The highest BCUT2D eigenvalue weighted by atomic mass is 16.5. The van der Waals surface area contributed by atoms with E-state index in [4.69, 9.17) is 4.74 Å². The Morgan fingerprint density at radius 2 is 2.15 bits per heavy atom. The Labute approximate surface area is 78.8 Å². The molecule has 2 fully saturated rings. The van der Waals surface area contributed by atoms with Gasteiger partial charge in [-0.2, -0.15) is 0 Å². The van der Waals surface area contributed by atoms with E-state index in [2.05, 4.69) is 5.32 Å². The van der Waals surface area contributed by atoms with Gasteiger partial charge in [-0.3, -0.25) is 4.79 Å². The summed E-state index contributed by atoms with van der Waals surface area (Å²) in [4.78, 5) is 11.2. The van der Waals surface area contributed by atoms with E-state index in [-0.39, 0.29) is 12.0 Å². The molecule has 13 heavy (non-hydrogen) atoms. The lowest BCUT2D eigenvalue weighted by molar-refractivity contribution is -0.142. The summed E-state index contributed by atoms with van der Waals surface area (Å²) >= 11 is 0. The van der Waals surface area contributed by atoms with Crippen LogP contribution in [0.25, 0.3) is 0 Å². The van der Waals surface area contributed by atoms with E-state index in [0.717, 1.165) is 18.8 Å². The van der Waals surface area contributed by atoms with Gasteiger partial charge in [-0.05, 0) is 25.2 Å². The monoisotopic (exact) mass is 183 g/mol. The Kier molecular flexibility index (Phi) is 2.54. The van der Waals surface area contributed by atoms with Gasteiger partial charge in [0.1, 0.15) is 6.04 Å². The number of carbonyl (C=O) groups is 1. The maximum absolute atomic E-state index is 11.2. The first-order chi connectivity index (χ1) is 6.29. The van der Waals surface area contributed by atoms with E-state index in [9.17, 15) is 4.79 Å². The minimum absolute atomic E-state index is 0.0336. The normalized spacial score (nSPS) is 33.3. The maximum atomic E-state index is 11.2. The van der Waals surface area contributed by atoms with Crippen LogP contribution in [-0.4, -0.2) is 25.2 Å². The van der Waals surface area contributed by atoms with Gasteiger partial charge in [0.05, 0.1) is 7.11 Å². The average Bonchev–Trinajstić information content (AvgIpc) is 2.81. The predicted octanol–water partition coefficient (Wildman–Crippen LogP) is 1.08. The Morgan fingerprint density at radius 3 is 2.77 bits per heavy atom. The van der Waals surface area contributed by atoms with Crippen molar-refractivity contribution in [1.82, 2.24) is 5.32 Å². The Hall–Kier alpha value is -0.570. The number of ether oxygens (including phenoxy) is 1. The molecule has 0 aromatic heterocycles. The van der Waals surface area contributed by atoms with E-state index in [0.29, 0.717) is 6.04 Å². The minimum atomic E-state index is -0.0988. The Balaban J connectivity index is 1.75. The van der Waals surface area contributed by atoms with Crippen LogP contribution in [0.4, 0.5) is 0 Å². The zero-order chi connectivity index (χ0) is 9.26. The highest BCUT2D eigenvalue weighted by Crippen LogP contribution is 2.35. The third-order valence-electron chi connectivity index (χ3n) is 3.04. The van der Waals surface area contributed by atoms with Crippen molar-refractivity contribution in [3.63, 3.8) is 0 Å². The summed E-state index contributed by atoms with van der Waals surface area (Å²) in [6.45, 7) is 0. The van der Waals surface area contributed by atoms with Crippen LogP contribution in [0.15, 0.2) is 0 Å². The fourth-order valence-corrected chi connectivity index (χ4v) is 2.09. The van der Waals surface area contributed by atoms with Crippen LogP contribution in [0, 0.1) is 5.92 Å². The number of hydrogen-bond donors (Lipinski definition) is 1. The summed E-state index contributed by atoms with van der Waals surface area (Å²) in [5.41, 5.74) is 0. The minimum Gasteiger partial charge on any atom is -0.468 e. The van der Waals surface area contributed by atoms with Crippen LogP contribution in [0.5, 0.6) is 0 Å². The number of hydrogen-bond acceptors (Lipinski definition) is 3. The Bertz CT molecular complexity index is 201. The largest absolute Gasteiger partial charge is 0.468 e. The third-order valence-corrected chi connectivity index (χ3v) is 3.04. The van der Waals surface area contributed by atoms with Crippen molar-refractivity contribution in [2.24, 2.45) is 5.92 Å². The van der Waals surface area contributed by atoms with E-state index in [1.54, 1.807) is 0 Å². The first-order valence-electron chi connectivity index (χ1n) is 5.13. The first kappa shape index (κ1) is 9.00. The standard InChI is InChI=1S/C10H17NO2/c1-13-10(12)9-5-4-8(11-9)6-7-2-3-7/h7-9,11H,2-6H2,1H3. The van der Waals surface area contributed by atoms with E-state index in [1.165, 1.54) is 26.4 Å². The summed E-state index contributed by atoms with van der Waals surface area (Å²) in [6, 6.07) is 0.533. The average molecular weight is 183 g/mol. The summed E-state index contributed by atoms with van der Waals surface area (Å²) in [6.07, 6.45) is 6.12. The summed E-state index contributed by atoms with van der Waals surface area (Å²) in [7, 11) is 1.46. The molecule has 0 bridgehead atoms. The van der Waals surface area contributed by atoms with Crippen molar-refractivity contribution >= 4 is 5.97 Å². The molecular formula is C10H17NO2. The molecule has 1 saturated heterocycles. The quantitative estimate of drug-likeness (QED) is 0.665. The SMILES string of the molecule is COC(=O)C1CCC(CC2CC2)N1. The second-order valence-electron chi connectivity index (χ2n) is 4.20. The molecule has 1 aliphatic carbocycles. The molecule has 2 atom stereocenters. The topological polar surface area (TPSA) is 38.3 Å². The van der Waals surface area contributed by atoms with Gasteiger partial charge in [0.2, 0.25) is 0 Å². The van der Waals surface area contributed by atoms with Gasteiger partial charge >= 0.3 is 5.97 Å². The molecule has 2 rings (SSSR count). The molecule has 1 saturated carbocycles. The summed E-state index contributed by atoms with van der Waals surface area (Å²) in [5, 5.41) is 3.34. The summed E-state index contributed by atoms with van der Waals surface area (Å²) < 4.78 is 4.70. The van der Waals surface area contributed by atoms with Gasteiger partial charge in [-0.25, -0.2) is 0 Å². The maximum Gasteiger partial charge on any atom is 0.322 e. The molecule has 0 amide bonds. The van der Waals surface area contributed by atoms with Crippen molar-refractivity contribution < 1.29 is 9.53 Å². The fraction of sp³-hybridized carbons (Fsp3) is 0.900. The Morgan fingerprint density at radius 1 is 1.38 bits per heavy atom. The smallest absolute Gasteiger partial charge is 0.322 e. The van der Waals surface area contributed by atoms with Crippen LogP contribution in [0.1, 0.15) is 32.1 Å². The highest BCUT2D eigenvalue weighted by Gasteiger charge is 2.33. The fourth-order valence-electron chi connectivity index (χ4n) is 2.09. The van der Waals surface area contributed by atoms with Crippen LogP contribution >= 0.6 is 0 Å². The van der Waals surface area contributed by atoms with Crippen molar-refractivity contribution in [2.75, 3.05) is 7.11 Å². The van der Waals surface area contributed by atoms with E-state index < -0.39 is 0 Å². The second kappa shape index (κ2) is 3.66. The van der Waals surface area contributed by atoms with Crippen LogP contribution in [0.3, 0.4) is 0 Å². The number of nitrogens with one attached hydrogen (secondary N) is 1. The molecule has 0 radical (unpaired) electrons. The third kappa shape index (κ3) is 2.21. The van der Waals surface area contributed by atoms with Crippen molar-refractivity contribution in [3.8, 4) is 0 Å². The number of methoxy groups -OCH3 is 1. The molecule has 74 valence electrons. The molecule has 2 unspecified atom stereocenters. The molecular weight excluding hydrogens is 166 g/mol. The van der Waals surface area contributed by atoms with Gasteiger partial charge in [0.25, 0.3) is 0 Å². The van der Waals surface area contributed by atoms with Crippen LogP contribution in [-0.2, 0) is 9.53 Å². The van der Waals surface area contributed by atoms with Crippen LogP contribution in [0.2, 0.25) is 0 Å². The molecule has 1 N–H and O–H groups in total. The summed E-state index contributed by atoms with van der Waals surface area (Å²) in [5.74, 6) is 0.840. The van der Waals surface area contributed by atoms with Crippen molar-refractivity contribution in [1.29, 1.82) is 0 Å². The first-order valence-corrected chi connectivity index (χ1v) is 5.13. The lowest BCUT2D eigenvalue weighted by atomic mass is 10.1. The van der Waals surface area contributed by atoms with Crippen LogP contribution < -0.4 is 5.32 Å². The molecule has 1 heterocycles. The molecule has 0 aromatic carbocycles. The zero-order valence-corrected chi connectivity index (χ0v) is 8.08. The molecule has 3 heteroatoms. The predicted molar refractivity (Wildman–Crippen MR) is 49.3 cm³/mol. The highest BCUT2D eigenvalue weighted by molar-refractivity contribution is 5.76. The lowest BCUT2D eigenvalue weighted by Crippen LogP contribution is -2.36. The molecule has 1 aliphatic heterocycles. The van der Waals surface area contributed by atoms with Crippen molar-refractivity contribution in [2.45, 2.75) is 44.2 Å². The number of esters is 1. The van der Waals surface area contributed by atoms with E-state index in [1.807, 2.05) is 0 Å². The van der Waals surface area contributed by atoms with Gasteiger partial charge < -0.3 is 10.1 Å². The van der Waals surface area contributed by atoms with Gasteiger partial charge in [-0.15, -0.1) is 0 Å². The molecule has 0 spiro atoms.